The lowest BCUT2D eigenvalue weighted by Gasteiger charge is -1.76. The van der Waals surface area contributed by atoms with Gasteiger partial charge in [-0.1, -0.05) is 0 Å². The van der Waals surface area contributed by atoms with E-state index in [4.69, 9.17) is 4.74 Å². The van der Waals surface area contributed by atoms with Crippen LogP contribution < -0.4 is 5.32 Å². The Morgan fingerprint density at radius 3 is 1.80 bits per heavy atom. The number of rotatable bonds is 0. The third-order valence-electron chi connectivity index (χ3n) is 1.44. The van der Waals surface area contributed by atoms with Crippen LogP contribution in [0.4, 0.5) is 0 Å². The van der Waals surface area contributed by atoms with Crippen LogP contribution in [0.5, 0.6) is 0 Å². The number of aromatic nitrogens is 4. The van der Waals surface area contributed by atoms with Crippen molar-refractivity contribution in [3.63, 3.8) is 0 Å². The summed E-state index contributed by atoms with van der Waals surface area (Å²) in [6.07, 6.45) is 10.2. The first-order valence-electron chi connectivity index (χ1n) is 4.64. The van der Waals surface area contributed by atoms with Crippen LogP contribution in [0.1, 0.15) is 0 Å². The van der Waals surface area contributed by atoms with Crippen molar-refractivity contribution in [2.24, 2.45) is 0 Å². The summed E-state index contributed by atoms with van der Waals surface area (Å²) in [7, 11) is 0. The van der Waals surface area contributed by atoms with Crippen molar-refractivity contribution >= 4 is 0 Å². The standard InChI is InChI=1S/2C3H4N2.C3H7NO/c3*1-2-5-3-4-1/h2*1-3H,(H,4,5);4H,1-3H2. The Labute approximate surface area is 88.1 Å². The van der Waals surface area contributed by atoms with Crippen LogP contribution in [0.3, 0.4) is 0 Å². The van der Waals surface area contributed by atoms with Crippen LogP contribution >= 0.6 is 0 Å². The molecule has 0 unspecified atom stereocenters. The zero-order valence-corrected chi connectivity index (χ0v) is 8.39. The number of hydrogen-bond acceptors (Lipinski definition) is 4. The molecule has 1 aliphatic heterocycles. The Bertz CT molecular complexity index is 209. The summed E-state index contributed by atoms with van der Waals surface area (Å²) in [6.45, 7) is 2.67. The molecule has 15 heavy (non-hydrogen) atoms. The Balaban J connectivity index is 0.000000112. The van der Waals surface area contributed by atoms with Gasteiger partial charge in [0.05, 0.1) is 26.0 Å². The summed E-state index contributed by atoms with van der Waals surface area (Å²) in [6, 6.07) is 0. The largest absolute Gasteiger partial charge is 0.365 e. The zero-order valence-electron chi connectivity index (χ0n) is 8.39. The van der Waals surface area contributed by atoms with Gasteiger partial charge < -0.3 is 14.7 Å². The Hall–Kier alpha value is -1.66. The highest BCUT2D eigenvalue weighted by molar-refractivity contribution is 4.65. The van der Waals surface area contributed by atoms with Gasteiger partial charge in [-0.25, -0.2) is 9.97 Å². The van der Waals surface area contributed by atoms with Crippen molar-refractivity contribution in [3.05, 3.63) is 37.4 Å². The van der Waals surface area contributed by atoms with E-state index in [1.165, 1.54) is 0 Å². The van der Waals surface area contributed by atoms with E-state index in [1.54, 1.807) is 37.4 Å². The molecule has 0 saturated carbocycles. The lowest BCUT2D eigenvalue weighted by molar-refractivity contribution is 0.194. The molecule has 3 heterocycles. The maximum absolute atomic E-state index is 4.83. The van der Waals surface area contributed by atoms with E-state index in [2.05, 4.69) is 25.3 Å². The smallest absolute Gasteiger partial charge is 0.0966 e. The lowest BCUT2D eigenvalue weighted by atomic mass is 10.7. The number of aromatic amines is 2. The van der Waals surface area contributed by atoms with Crippen molar-refractivity contribution in [3.8, 4) is 0 Å². The minimum absolute atomic E-state index is 0.750. The highest BCUT2D eigenvalue weighted by atomic mass is 16.5. The summed E-state index contributed by atoms with van der Waals surface area (Å²) >= 11 is 0. The molecule has 0 atom stereocenters. The minimum Gasteiger partial charge on any atom is -0.365 e. The maximum Gasteiger partial charge on any atom is 0.0966 e. The van der Waals surface area contributed by atoms with E-state index in [0.717, 1.165) is 19.9 Å². The second-order valence-electron chi connectivity index (χ2n) is 2.57. The molecule has 0 aromatic carbocycles. The van der Waals surface area contributed by atoms with Gasteiger partial charge in [0.2, 0.25) is 0 Å². The lowest BCUT2D eigenvalue weighted by Crippen LogP contribution is -2.05. The second-order valence-corrected chi connectivity index (χ2v) is 2.57. The summed E-state index contributed by atoms with van der Waals surface area (Å²) in [5, 5.41) is 3.00. The third kappa shape index (κ3) is 7.41. The number of H-pyrrole nitrogens is 2. The first-order chi connectivity index (χ1) is 7.50. The number of hydrogen-bond donors (Lipinski definition) is 3. The topological polar surface area (TPSA) is 78.6 Å². The molecule has 6 heteroatoms. The van der Waals surface area contributed by atoms with Crippen LogP contribution in [-0.4, -0.2) is 39.8 Å². The first-order valence-corrected chi connectivity index (χ1v) is 4.64. The molecule has 0 spiro atoms. The van der Waals surface area contributed by atoms with Gasteiger partial charge in [-0.3, -0.25) is 5.32 Å². The fourth-order valence-corrected chi connectivity index (χ4v) is 0.791. The van der Waals surface area contributed by atoms with Crippen molar-refractivity contribution in [1.29, 1.82) is 0 Å². The molecule has 0 aliphatic carbocycles. The van der Waals surface area contributed by atoms with E-state index < -0.39 is 0 Å². The molecule has 3 N–H and O–H groups in total. The fourth-order valence-electron chi connectivity index (χ4n) is 0.791. The highest BCUT2D eigenvalue weighted by Gasteiger charge is 1.92. The SMILES string of the molecule is C1COCN1.c1c[nH]cn1.c1c[nH]cn1. The van der Waals surface area contributed by atoms with E-state index in [9.17, 15) is 0 Å². The number of nitrogens with zero attached hydrogens (tertiary/aromatic N) is 2. The van der Waals surface area contributed by atoms with Gasteiger partial charge in [0, 0.05) is 31.3 Å². The summed E-state index contributed by atoms with van der Waals surface area (Å²) < 4.78 is 4.83. The quantitative estimate of drug-likeness (QED) is 0.586. The van der Waals surface area contributed by atoms with Gasteiger partial charge in [0.25, 0.3) is 0 Å². The number of ether oxygens (including phenoxy) is 1. The predicted molar refractivity (Wildman–Crippen MR) is 56.0 cm³/mol. The van der Waals surface area contributed by atoms with Gasteiger partial charge in [-0.2, -0.15) is 0 Å². The molecular formula is C9H15N5O. The van der Waals surface area contributed by atoms with E-state index in [1.807, 2.05) is 0 Å². The van der Waals surface area contributed by atoms with Crippen molar-refractivity contribution < 1.29 is 4.74 Å². The highest BCUT2D eigenvalue weighted by Crippen LogP contribution is 1.75. The third-order valence-corrected chi connectivity index (χ3v) is 1.44. The molecule has 0 radical (unpaired) electrons. The first kappa shape index (κ1) is 11.4. The van der Waals surface area contributed by atoms with Crippen LogP contribution in [-0.2, 0) is 4.74 Å². The van der Waals surface area contributed by atoms with Crippen LogP contribution in [0, 0.1) is 0 Å². The van der Waals surface area contributed by atoms with Crippen molar-refractivity contribution in [1.82, 2.24) is 25.3 Å². The van der Waals surface area contributed by atoms with E-state index in [-0.39, 0.29) is 0 Å². The average Bonchev–Trinajstić information content (AvgIpc) is 3.09. The molecule has 1 fully saturated rings. The average molecular weight is 209 g/mol. The molecule has 2 aromatic rings. The Morgan fingerprint density at radius 2 is 1.67 bits per heavy atom. The molecular weight excluding hydrogens is 194 g/mol. The van der Waals surface area contributed by atoms with Crippen LogP contribution in [0.2, 0.25) is 0 Å². The minimum atomic E-state index is 0.750. The Kier molecular flexibility index (Phi) is 6.79. The van der Waals surface area contributed by atoms with Gasteiger partial charge in [0.15, 0.2) is 0 Å². The molecule has 2 aromatic heterocycles. The predicted octanol–water partition coefficient (Wildman–Crippen LogP) is 0.383. The Morgan fingerprint density at radius 1 is 1.00 bits per heavy atom. The number of imidazole rings is 2. The molecule has 6 nitrogen and oxygen atoms in total. The van der Waals surface area contributed by atoms with Crippen LogP contribution in [0.15, 0.2) is 37.4 Å². The van der Waals surface area contributed by atoms with Gasteiger partial charge in [0.1, 0.15) is 0 Å². The van der Waals surface area contributed by atoms with Crippen molar-refractivity contribution in [2.45, 2.75) is 0 Å². The summed E-state index contributed by atoms with van der Waals surface area (Å²) in [5.74, 6) is 0. The van der Waals surface area contributed by atoms with Gasteiger partial charge in [-0.05, 0) is 0 Å². The molecule has 0 amide bonds. The molecule has 1 saturated heterocycles. The van der Waals surface area contributed by atoms with Crippen LogP contribution in [0.25, 0.3) is 0 Å². The normalized spacial score (nSPS) is 13.3. The monoisotopic (exact) mass is 209 g/mol. The van der Waals surface area contributed by atoms with E-state index in [0.29, 0.717) is 0 Å². The maximum atomic E-state index is 4.83. The van der Waals surface area contributed by atoms with E-state index >= 15 is 0 Å². The summed E-state index contributed by atoms with van der Waals surface area (Å²) in [4.78, 5) is 12.8. The molecule has 82 valence electrons. The van der Waals surface area contributed by atoms with Gasteiger partial charge >= 0.3 is 0 Å². The molecule has 0 bridgehead atoms. The fraction of sp³-hybridized carbons (Fsp3) is 0.333. The molecule has 1 aliphatic rings. The summed E-state index contributed by atoms with van der Waals surface area (Å²) in [5.41, 5.74) is 0. The number of nitrogens with one attached hydrogen (secondary N) is 3. The second kappa shape index (κ2) is 8.92. The molecule has 3 rings (SSSR count). The van der Waals surface area contributed by atoms with Gasteiger partial charge in [-0.15, -0.1) is 0 Å². The van der Waals surface area contributed by atoms with Crippen molar-refractivity contribution in [2.75, 3.05) is 19.9 Å². The zero-order chi connectivity index (χ0) is 10.6.